The molecule has 6 nitrogen and oxygen atoms in total. The summed E-state index contributed by atoms with van der Waals surface area (Å²) in [5, 5.41) is 6.12. The van der Waals surface area contributed by atoms with E-state index in [1.165, 1.54) is 0 Å². The van der Waals surface area contributed by atoms with Gasteiger partial charge in [-0.15, -0.1) is 0 Å². The molecule has 0 aliphatic rings. The number of hydrogen-bond acceptors (Lipinski definition) is 5. The molecular weight excluding hydrogens is 354 g/mol. The van der Waals surface area contributed by atoms with Crippen LogP contribution in [0.15, 0.2) is 66.9 Å². The first kappa shape index (κ1) is 19.2. The molecule has 144 valence electrons. The minimum absolute atomic E-state index is 0.140. The topological polar surface area (TPSA) is 72.5 Å². The number of amides is 1. The number of para-hydroxylation sites is 2. The van der Waals surface area contributed by atoms with E-state index in [0.717, 1.165) is 23.4 Å². The number of carbonyl (C=O) groups is 1. The Balaban J connectivity index is 1.58. The highest BCUT2D eigenvalue weighted by molar-refractivity contribution is 5.95. The minimum Gasteiger partial charge on any atom is -0.497 e. The average Bonchev–Trinajstić information content (AvgIpc) is 2.75. The average molecular weight is 377 g/mol. The molecule has 0 bridgehead atoms. The minimum atomic E-state index is -0.140. The summed E-state index contributed by atoms with van der Waals surface area (Å²) < 4.78 is 10.5. The van der Waals surface area contributed by atoms with Gasteiger partial charge in [0.15, 0.2) is 0 Å². The Bertz CT molecular complexity index is 926. The van der Waals surface area contributed by atoms with Crippen LogP contribution in [0.4, 0.5) is 11.5 Å². The fourth-order valence-electron chi connectivity index (χ4n) is 2.74. The second kappa shape index (κ2) is 9.41. The van der Waals surface area contributed by atoms with Crippen molar-refractivity contribution in [3.05, 3.63) is 78.0 Å². The van der Waals surface area contributed by atoms with Gasteiger partial charge < -0.3 is 20.1 Å². The Hall–Kier alpha value is -3.54. The van der Waals surface area contributed by atoms with Crippen molar-refractivity contribution < 1.29 is 14.3 Å². The standard InChI is InChI=1S/C22H23N3O3/c1-27-18-9-7-16(8-10-18)11-13-24-22(26)17-12-14-23-21(15-17)25-19-5-3-4-6-20(19)28-2/h3-10,12,14-15H,11,13H2,1-2H3,(H,23,25)(H,24,26). The van der Waals surface area contributed by atoms with Crippen LogP contribution in [0, 0.1) is 0 Å². The molecule has 0 radical (unpaired) electrons. The van der Waals surface area contributed by atoms with Crippen LogP contribution in [0.5, 0.6) is 11.5 Å². The number of ether oxygens (including phenoxy) is 2. The van der Waals surface area contributed by atoms with Gasteiger partial charge in [0.2, 0.25) is 0 Å². The molecular formula is C22H23N3O3. The van der Waals surface area contributed by atoms with Gasteiger partial charge in [-0.1, -0.05) is 24.3 Å². The highest BCUT2D eigenvalue weighted by Gasteiger charge is 2.08. The first-order valence-electron chi connectivity index (χ1n) is 8.97. The van der Waals surface area contributed by atoms with Gasteiger partial charge in [0, 0.05) is 18.3 Å². The SMILES string of the molecule is COc1ccc(CCNC(=O)c2ccnc(Nc3ccccc3OC)c2)cc1. The zero-order valence-corrected chi connectivity index (χ0v) is 15.9. The van der Waals surface area contributed by atoms with Gasteiger partial charge >= 0.3 is 0 Å². The lowest BCUT2D eigenvalue weighted by atomic mass is 10.1. The smallest absolute Gasteiger partial charge is 0.251 e. The molecule has 1 aromatic heterocycles. The summed E-state index contributed by atoms with van der Waals surface area (Å²) in [5.41, 5.74) is 2.46. The lowest BCUT2D eigenvalue weighted by molar-refractivity contribution is 0.0954. The Kier molecular flexibility index (Phi) is 6.46. The molecule has 1 amide bonds. The van der Waals surface area contributed by atoms with Gasteiger partial charge in [-0.3, -0.25) is 4.79 Å². The van der Waals surface area contributed by atoms with Crippen molar-refractivity contribution in [2.24, 2.45) is 0 Å². The fourth-order valence-corrected chi connectivity index (χ4v) is 2.74. The normalized spacial score (nSPS) is 10.2. The van der Waals surface area contributed by atoms with Gasteiger partial charge in [0.05, 0.1) is 19.9 Å². The van der Waals surface area contributed by atoms with Crippen LogP contribution < -0.4 is 20.1 Å². The number of benzene rings is 2. The van der Waals surface area contributed by atoms with Gasteiger partial charge in [-0.2, -0.15) is 0 Å². The predicted molar refractivity (Wildman–Crippen MR) is 110 cm³/mol. The van der Waals surface area contributed by atoms with Crippen molar-refractivity contribution in [2.45, 2.75) is 6.42 Å². The van der Waals surface area contributed by atoms with Crippen LogP contribution in [0.1, 0.15) is 15.9 Å². The summed E-state index contributed by atoms with van der Waals surface area (Å²) in [6.45, 7) is 0.544. The van der Waals surface area contributed by atoms with E-state index in [9.17, 15) is 4.79 Å². The summed E-state index contributed by atoms with van der Waals surface area (Å²) in [5.74, 6) is 1.96. The number of aromatic nitrogens is 1. The largest absolute Gasteiger partial charge is 0.497 e. The summed E-state index contributed by atoms with van der Waals surface area (Å²) >= 11 is 0. The van der Waals surface area contributed by atoms with Gasteiger partial charge in [-0.25, -0.2) is 4.98 Å². The highest BCUT2D eigenvalue weighted by atomic mass is 16.5. The molecule has 0 fully saturated rings. The maximum atomic E-state index is 12.5. The summed E-state index contributed by atoms with van der Waals surface area (Å²) in [6.07, 6.45) is 2.35. The van der Waals surface area contributed by atoms with Gasteiger partial charge in [0.1, 0.15) is 17.3 Å². The number of pyridine rings is 1. The fraction of sp³-hybridized carbons (Fsp3) is 0.182. The van der Waals surface area contributed by atoms with Crippen molar-refractivity contribution in [1.82, 2.24) is 10.3 Å². The summed E-state index contributed by atoms with van der Waals surface area (Å²) in [7, 11) is 3.25. The molecule has 1 heterocycles. The second-order valence-electron chi connectivity index (χ2n) is 6.11. The molecule has 0 aliphatic heterocycles. The van der Waals surface area contributed by atoms with E-state index in [0.29, 0.717) is 23.7 Å². The zero-order valence-electron chi connectivity index (χ0n) is 15.9. The number of hydrogen-bond donors (Lipinski definition) is 2. The van der Waals surface area contributed by atoms with Gasteiger partial charge in [-0.05, 0) is 48.4 Å². The van der Waals surface area contributed by atoms with Crippen LogP contribution in [-0.4, -0.2) is 31.7 Å². The third-order valence-corrected chi connectivity index (χ3v) is 4.25. The number of nitrogens with zero attached hydrogens (tertiary/aromatic N) is 1. The van der Waals surface area contributed by atoms with Crippen LogP contribution in [-0.2, 0) is 6.42 Å². The Morgan fingerprint density at radius 2 is 1.79 bits per heavy atom. The molecule has 3 aromatic rings. The number of rotatable bonds is 8. The monoisotopic (exact) mass is 377 g/mol. The lowest BCUT2D eigenvalue weighted by Crippen LogP contribution is -2.25. The van der Waals surface area contributed by atoms with E-state index < -0.39 is 0 Å². The Morgan fingerprint density at radius 1 is 1.00 bits per heavy atom. The summed E-state index contributed by atoms with van der Waals surface area (Å²) in [6, 6.07) is 18.8. The summed E-state index contributed by atoms with van der Waals surface area (Å²) in [4.78, 5) is 16.7. The highest BCUT2D eigenvalue weighted by Crippen LogP contribution is 2.26. The molecule has 0 saturated heterocycles. The predicted octanol–water partition coefficient (Wildman–Crippen LogP) is 3.81. The number of anilines is 2. The molecule has 0 saturated carbocycles. The van der Waals surface area contributed by atoms with E-state index in [4.69, 9.17) is 9.47 Å². The van der Waals surface area contributed by atoms with Crippen molar-refractivity contribution in [3.63, 3.8) is 0 Å². The molecule has 0 aliphatic carbocycles. The molecule has 6 heteroatoms. The molecule has 0 atom stereocenters. The van der Waals surface area contributed by atoms with E-state index in [1.807, 2.05) is 48.5 Å². The second-order valence-corrected chi connectivity index (χ2v) is 6.11. The van der Waals surface area contributed by atoms with E-state index in [2.05, 4.69) is 15.6 Å². The van der Waals surface area contributed by atoms with Crippen LogP contribution >= 0.6 is 0 Å². The van der Waals surface area contributed by atoms with Crippen molar-refractivity contribution in [1.29, 1.82) is 0 Å². The first-order chi connectivity index (χ1) is 13.7. The quantitative estimate of drug-likeness (QED) is 0.624. The molecule has 3 rings (SSSR count). The van der Waals surface area contributed by atoms with Crippen LogP contribution in [0.25, 0.3) is 0 Å². The number of nitrogens with one attached hydrogen (secondary N) is 2. The Morgan fingerprint density at radius 3 is 2.54 bits per heavy atom. The van der Waals surface area contributed by atoms with Crippen molar-refractivity contribution >= 4 is 17.4 Å². The van der Waals surface area contributed by atoms with E-state index >= 15 is 0 Å². The lowest BCUT2D eigenvalue weighted by Gasteiger charge is -2.11. The molecule has 2 aromatic carbocycles. The van der Waals surface area contributed by atoms with E-state index in [1.54, 1.807) is 32.5 Å². The first-order valence-corrected chi connectivity index (χ1v) is 8.97. The van der Waals surface area contributed by atoms with E-state index in [-0.39, 0.29) is 5.91 Å². The van der Waals surface area contributed by atoms with Crippen molar-refractivity contribution in [3.8, 4) is 11.5 Å². The van der Waals surface area contributed by atoms with Crippen molar-refractivity contribution in [2.75, 3.05) is 26.1 Å². The van der Waals surface area contributed by atoms with Crippen LogP contribution in [0.3, 0.4) is 0 Å². The molecule has 2 N–H and O–H groups in total. The Labute approximate surface area is 164 Å². The van der Waals surface area contributed by atoms with Crippen LogP contribution in [0.2, 0.25) is 0 Å². The third kappa shape index (κ3) is 5.01. The van der Waals surface area contributed by atoms with Gasteiger partial charge in [0.25, 0.3) is 5.91 Å². The number of carbonyl (C=O) groups excluding carboxylic acids is 1. The molecule has 0 spiro atoms. The maximum absolute atomic E-state index is 12.5. The maximum Gasteiger partial charge on any atom is 0.251 e. The molecule has 28 heavy (non-hydrogen) atoms. The zero-order chi connectivity index (χ0) is 19.8. The number of methoxy groups -OCH3 is 2. The molecule has 0 unspecified atom stereocenters. The third-order valence-electron chi connectivity index (χ3n) is 4.25.